The number of rotatable bonds is 5. The molecule has 5 heteroatoms. The van der Waals surface area contributed by atoms with E-state index < -0.39 is 6.85 Å². The predicted molar refractivity (Wildman–Crippen MR) is 222 cm³/mol. The van der Waals surface area contributed by atoms with Gasteiger partial charge in [-0.1, -0.05) is 154 Å². The summed E-state index contributed by atoms with van der Waals surface area (Å²) in [6, 6.07) is 63.1. The van der Waals surface area contributed by atoms with Crippen LogP contribution in [0.3, 0.4) is 0 Å². The molecule has 0 amide bonds. The number of aryl methyl sites for hydroxylation is 1. The molecule has 0 aliphatic heterocycles. The molecule has 10 aromatic rings. The van der Waals surface area contributed by atoms with E-state index in [4.69, 9.17) is 9.10 Å². The smallest absolute Gasteiger partial charge is 0.0774 e. The van der Waals surface area contributed by atoms with Gasteiger partial charge in [-0.05, 0) is 46.8 Å². The minimum atomic E-state index is -2.09. The summed E-state index contributed by atoms with van der Waals surface area (Å²) < 4.78 is 25.3. The summed E-state index contributed by atoms with van der Waals surface area (Å²) in [5.41, 5.74) is 10.7. The number of hydrogen-bond acceptors (Lipinski definition) is 3. The Morgan fingerprint density at radius 3 is 2.04 bits per heavy atom. The summed E-state index contributed by atoms with van der Waals surface area (Å²) >= 11 is 1.67. The average molecular weight is 891 g/mol. The van der Waals surface area contributed by atoms with E-state index in [2.05, 4.69) is 161 Å². The van der Waals surface area contributed by atoms with Crippen LogP contribution in [0.1, 0.15) is 9.68 Å². The van der Waals surface area contributed by atoms with Gasteiger partial charge in [0.05, 0.1) is 22.5 Å². The summed E-state index contributed by atoms with van der Waals surface area (Å²) in [5, 5.41) is 7.35. The van der Waals surface area contributed by atoms with Crippen LogP contribution in [0, 0.1) is 18.3 Å². The number of benzene rings is 7. The minimum absolute atomic E-state index is 0. The SMILES string of the molecule is [2H]C([2H])([2H])c1ccc(-c2[c-]cccc2)nc1.[Ir].[c-]1sc2c(ccc3ccccc32)c1-c1nc2ccccc2n1-c1c(-c2ccccc2)cccc1-c1ccccc1. The van der Waals surface area contributed by atoms with Crippen molar-refractivity contribution in [2.24, 2.45) is 0 Å². The third kappa shape index (κ3) is 6.70. The van der Waals surface area contributed by atoms with E-state index in [1.807, 2.05) is 18.2 Å². The third-order valence-corrected chi connectivity index (χ3v) is 10.3. The number of pyridine rings is 1. The van der Waals surface area contributed by atoms with Gasteiger partial charge in [0.1, 0.15) is 0 Å². The number of nitrogens with zero attached hydrogens (tertiary/aromatic N) is 3. The standard InChI is InChI=1S/C37H23N2S.C12H10N.Ir/c1-3-12-25(13-4-1)28-18-11-19-29(26-14-5-2-6-15-26)35(28)39-34-21-10-9-20-33(34)38-37(39)32-24-40-36-30-17-8-7-16-27(30)22-23-31(32)36;1-10-7-8-12(13-9-10)11-5-3-2-4-6-11;/h1-23H;2-5,7-9H,1H3;/q2*-1;/i;1D3;. The molecule has 3 aromatic heterocycles. The summed E-state index contributed by atoms with van der Waals surface area (Å²) in [5.74, 6) is 0.906. The molecule has 0 aliphatic rings. The van der Waals surface area contributed by atoms with Crippen LogP contribution in [-0.4, -0.2) is 14.5 Å². The van der Waals surface area contributed by atoms with E-state index in [1.54, 1.807) is 29.5 Å². The van der Waals surface area contributed by atoms with Crippen LogP contribution < -0.4 is 0 Å². The van der Waals surface area contributed by atoms with E-state index in [1.165, 1.54) is 38.2 Å². The third-order valence-electron chi connectivity index (χ3n) is 9.37. The number of hydrogen-bond donors (Lipinski definition) is 0. The molecule has 0 aliphatic carbocycles. The maximum Gasteiger partial charge on any atom is 0.0774 e. The first-order valence-electron chi connectivity index (χ1n) is 18.9. The fraction of sp³-hybridized carbons (Fsp3) is 0.0204. The van der Waals surface area contributed by atoms with Crippen LogP contribution in [0.25, 0.3) is 82.5 Å². The summed E-state index contributed by atoms with van der Waals surface area (Å²) in [6.45, 7) is -2.09. The Balaban J connectivity index is 0.000000226. The van der Waals surface area contributed by atoms with Crippen LogP contribution in [-0.2, 0) is 20.1 Å². The molecule has 0 atom stereocenters. The molecule has 10 rings (SSSR count). The molecular weight excluding hydrogens is 855 g/mol. The Labute approximate surface area is 336 Å². The van der Waals surface area contributed by atoms with Crippen LogP contribution in [0.15, 0.2) is 182 Å². The van der Waals surface area contributed by atoms with Crippen molar-refractivity contribution >= 4 is 43.2 Å². The van der Waals surface area contributed by atoms with Crippen molar-refractivity contribution in [3.05, 3.63) is 199 Å². The van der Waals surface area contributed by atoms with E-state index in [0.717, 1.165) is 50.5 Å². The van der Waals surface area contributed by atoms with Gasteiger partial charge >= 0.3 is 0 Å². The van der Waals surface area contributed by atoms with Crippen LogP contribution in [0.2, 0.25) is 0 Å². The number of aromatic nitrogens is 3. The summed E-state index contributed by atoms with van der Waals surface area (Å²) in [6.07, 6.45) is 1.39. The number of fused-ring (bicyclic) bond motifs is 4. The van der Waals surface area contributed by atoms with Crippen molar-refractivity contribution in [3.63, 3.8) is 0 Å². The van der Waals surface area contributed by atoms with E-state index in [0.29, 0.717) is 0 Å². The van der Waals surface area contributed by atoms with Crippen molar-refractivity contribution in [2.45, 2.75) is 6.85 Å². The Morgan fingerprint density at radius 1 is 0.630 bits per heavy atom. The monoisotopic (exact) mass is 891 g/mol. The predicted octanol–water partition coefficient (Wildman–Crippen LogP) is 13.0. The molecule has 1 radical (unpaired) electrons. The van der Waals surface area contributed by atoms with Gasteiger partial charge in [0.15, 0.2) is 0 Å². The Morgan fingerprint density at radius 2 is 1.33 bits per heavy atom. The maximum atomic E-state index is 7.23. The maximum absolute atomic E-state index is 7.23. The van der Waals surface area contributed by atoms with Crippen molar-refractivity contribution in [3.8, 4) is 50.6 Å². The fourth-order valence-corrected chi connectivity index (χ4v) is 7.87. The van der Waals surface area contributed by atoms with Gasteiger partial charge in [-0.15, -0.1) is 47.3 Å². The molecule has 0 spiro atoms. The van der Waals surface area contributed by atoms with Crippen molar-refractivity contribution in [2.75, 3.05) is 0 Å². The summed E-state index contributed by atoms with van der Waals surface area (Å²) in [7, 11) is 0. The molecule has 0 bridgehead atoms. The van der Waals surface area contributed by atoms with Crippen LogP contribution in [0.5, 0.6) is 0 Å². The molecule has 0 fully saturated rings. The topological polar surface area (TPSA) is 30.7 Å². The first-order valence-corrected chi connectivity index (χ1v) is 18.2. The quantitative estimate of drug-likeness (QED) is 0.161. The molecule has 0 saturated carbocycles. The molecule has 0 unspecified atom stereocenters. The van der Waals surface area contributed by atoms with Gasteiger partial charge in [-0.3, -0.25) is 16.3 Å². The van der Waals surface area contributed by atoms with Gasteiger partial charge in [-0.25, -0.2) is 0 Å². The Bertz CT molecular complexity index is 2890. The molecule has 3 heterocycles. The zero-order chi connectivity index (χ0) is 38.1. The molecular formula is C49H33IrN3S-2. The van der Waals surface area contributed by atoms with Gasteiger partial charge in [0, 0.05) is 41.5 Å². The molecule has 3 nitrogen and oxygen atoms in total. The first kappa shape index (κ1) is 31.5. The average Bonchev–Trinajstić information content (AvgIpc) is 3.86. The zero-order valence-corrected chi connectivity index (χ0v) is 32.1. The van der Waals surface area contributed by atoms with Gasteiger partial charge in [0.25, 0.3) is 0 Å². The Hall–Kier alpha value is -5.97. The second-order valence-corrected chi connectivity index (χ2v) is 13.5. The van der Waals surface area contributed by atoms with E-state index in [9.17, 15) is 0 Å². The molecule has 261 valence electrons. The molecule has 54 heavy (non-hydrogen) atoms. The van der Waals surface area contributed by atoms with E-state index in [-0.39, 0.29) is 25.7 Å². The molecule has 0 saturated heterocycles. The van der Waals surface area contributed by atoms with Gasteiger partial charge < -0.3 is 9.55 Å². The van der Waals surface area contributed by atoms with Crippen molar-refractivity contribution < 1.29 is 24.2 Å². The first-order chi connectivity index (χ1) is 27.4. The van der Waals surface area contributed by atoms with Crippen molar-refractivity contribution in [1.82, 2.24) is 14.5 Å². The normalized spacial score (nSPS) is 12.0. The minimum Gasteiger partial charge on any atom is -0.332 e. The molecule has 0 N–H and O–H groups in total. The number of imidazole rings is 1. The van der Waals surface area contributed by atoms with Crippen molar-refractivity contribution in [1.29, 1.82) is 0 Å². The van der Waals surface area contributed by atoms with Gasteiger partial charge in [0.2, 0.25) is 0 Å². The van der Waals surface area contributed by atoms with Crippen LogP contribution >= 0.6 is 11.3 Å². The van der Waals surface area contributed by atoms with Crippen LogP contribution in [0.4, 0.5) is 0 Å². The Kier molecular flexibility index (Phi) is 9.09. The second-order valence-electron chi connectivity index (χ2n) is 12.6. The number of thiophene rings is 1. The second kappa shape index (κ2) is 15.6. The molecule has 7 aromatic carbocycles. The largest absolute Gasteiger partial charge is 0.332 e. The number of para-hydroxylation sites is 3. The summed E-state index contributed by atoms with van der Waals surface area (Å²) in [4.78, 5) is 9.39. The zero-order valence-electron chi connectivity index (χ0n) is 31.9. The fourth-order valence-electron chi connectivity index (χ4n) is 6.88. The van der Waals surface area contributed by atoms with E-state index >= 15 is 0 Å². The van der Waals surface area contributed by atoms with Gasteiger partial charge in [-0.2, -0.15) is 0 Å².